The number of hydrogen-bond donors (Lipinski definition) is 2. The molecule has 3 aliphatic rings. The third kappa shape index (κ3) is 3.70. The maximum absolute atomic E-state index is 14.4. The summed E-state index contributed by atoms with van der Waals surface area (Å²) in [5.41, 5.74) is 1.76. The van der Waals surface area contributed by atoms with Gasteiger partial charge in [0.25, 0.3) is 5.91 Å². The van der Waals surface area contributed by atoms with Gasteiger partial charge in [-0.15, -0.1) is 0 Å². The summed E-state index contributed by atoms with van der Waals surface area (Å²) in [7, 11) is 0. The van der Waals surface area contributed by atoms with Gasteiger partial charge in [0.1, 0.15) is 23.0 Å². The highest BCUT2D eigenvalue weighted by molar-refractivity contribution is 6.03. The molecule has 0 radical (unpaired) electrons. The molecule has 1 aromatic heterocycles. The van der Waals surface area contributed by atoms with E-state index in [-0.39, 0.29) is 53.1 Å². The van der Waals surface area contributed by atoms with Crippen molar-refractivity contribution in [1.29, 1.82) is 0 Å². The highest BCUT2D eigenvalue weighted by Gasteiger charge is 2.39. The summed E-state index contributed by atoms with van der Waals surface area (Å²) in [4.78, 5) is 35.7. The van der Waals surface area contributed by atoms with Crippen molar-refractivity contribution in [3.8, 4) is 11.4 Å². The summed E-state index contributed by atoms with van der Waals surface area (Å²) >= 11 is 0. The molecule has 0 spiro atoms. The molecule has 2 fully saturated rings. The van der Waals surface area contributed by atoms with Crippen molar-refractivity contribution >= 4 is 23.3 Å². The maximum atomic E-state index is 14.4. The second-order valence-electron chi connectivity index (χ2n) is 8.81. The minimum absolute atomic E-state index is 0.112. The van der Waals surface area contributed by atoms with Crippen LogP contribution in [0.3, 0.4) is 0 Å². The third-order valence-corrected chi connectivity index (χ3v) is 6.69. The Hall–Kier alpha value is -3.92. The summed E-state index contributed by atoms with van der Waals surface area (Å²) < 4.78 is 34.0. The van der Waals surface area contributed by atoms with Gasteiger partial charge < -0.3 is 20.3 Å². The Balaban J connectivity index is 1.29. The topological polar surface area (TPSA) is 96.4 Å². The van der Waals surface area contributed by atoms with E-state index in [1.807, 2.05) is 17.0 Å². The fourth-order valence-corrected chi connectivity index (χ4v) is 4.75. The zero-order valence-electron chi connectivity index (χ0n) is 18.6. The highest BCUT2D eigenvalue weighted by atomic mass is 19.1. The lowest BCUT2D eigenvalue weighted by Crippen LogP contribution is -2.49. The smallest absolute Gasteiger partial charge is 0.257 e. The molecule has 2 saturated heterocycles. The van der Waals surface area contributed by atoms with Gasteiger partial charge in [-0.05, 0) is 36.2 Å². The number of fused-ring (bicyclic) bond motifs is 1. The first-order chi connectivity index (χ1) is 17.0. The minimum atomic E-state index is -0.790. The minimum Gasteiger partial charge on any atom is -0.377 e. The van der Waals surface area contributed by atoms with Crippen LogP contribution in [-0.2, 0) is 16.1 Å². The van der Waals surface area contributed by atoms with Crippen LogP contribution in [0.2, 0.25) is 0 Å². The molecule has 8 nitrogen and oxygen atoms in total. The molecule has 0 bridgehead atoms. The number of benzene rings is 2. The second kappa shape index (κ2) is 8.38. The average Bonchev–Trinajstić information content (AvgIpc) is 3.36. The number of amides is 2. The van der Waals surface area contributed by atoms with E-state index in [0.717, 1.165) is 30.7 Å². The number of nitrogens with zero attached hydrogens (tertiary/aromatic N) is 3. The van der Waals surface area contributed by atoms with E-state index in [1.165, 1.54) is 6.07 Å². The van der Waals surface area contributed by atoms with E-state index in [2.05, 4.69) is 20.6 Å². The van der Waals surface area contributed by atoms with Crippen LogP contribution in [-0.4, -0.2) is 52.5 Å². The monoisotopic (exact) mass is 477 g/mol. The van der Waals surface area contributed by atoms with Crippen LogP contribution < -0.4 is 10.6 Å². The number of carbonyl (C=O) groups excluding carboxylic acids is 2. The maximum Gasteiger partial charge on any atom is 0.257 e. The second-order valence-corrected chi connectivity index (χ2v) is 8.81. The quantitative estimate of drug-likeness (QED) is 0.586. The molecule has 35 heavy (non-hydrogen) atoms. The zero-order valence-corrected chi connectivity index (χ0v) is 18.6. The van der Waals surface area contributed by atoms with E-state index in [0.29, 0.717) is 24.6 Å². The fourth-order valence-electron chi connectivity index (χ4n) is 4.75. The van der Waals surface area contributed by atoms with Gasteiger partial charge in [0.05, 0.1) is 43.0 Å². The van der Waals surface area contributed by atoms with E-state index < -0.39 is 11.6 Å². The van der Waals surface area contributed by atoms with Gasteiger partial charge in [0.2, 0.25) is 5.91 Å². The SMILES string of the molecule is O=C1NCc2nc(-c3c(F)cccc3F)nc(Nc3ccc([C@@H]4CCN(C5COC5)C4=O)cc3)c21. The van der Waals surface area contributed by atoms with Gasteiger partial charge in [-0.1, -0.05) is 18.2 Å². The number of ether oxygens (including phenoxy) is 1. The number of likely N-dealkylation sites (tertiary alicyclic amines) is 1. The van der Waals surface area contributed by atoms with Crippen molar-refractivity contribution in [2.24, 2.45) is 0 Å². The molecule has 6 rings (SSSR count). The molecule has 2 aromatic carbocycles. The van der Waals surface area contributed by atoms with Crippen molar-refractivity contribution in [2.75, 3.05) is 25.1 Å². The molecule has 2 N–H and O–H groups in total. The summed E-state index contributed by atoms with van der Waals surface area (Å²) in [6, 6.07) is 11.0. The summed E-state index contributed by atoms with van der Waals surface area (Å²) in [6.45, 7) is 2.04. The predicted octanol–water partition coefficient (Wildman–Crippen LogP) is 3.12. The number of nitrogens with one attached hydrogen (secondary N) is 2. The number of carbonyl (C=O) groups is 2. The molecule has 3 aromatic rings. The predicted molar refractivity (Wildman–Crippen MR) is 122 cm³/mol. The number of rotatable bonds is 5. The van der Waals surface area contributed by atoms with Crippen molar-refractivity contribution in [2.45, 2.75) is 24.9 Å². The van der Waals surface area contributed by atoms with Gasteiger partial charge in [0.15, 0.2) is 5.82 Å². The van der Waals surface area contributed by atoms with Crippen LogP contribution >= 0.6 is 0 Å². The lowest BCUT2D eigenvalue weighted by molar-refractivity contribution is -0.140. The molecule has 0 unspecified atom stereocenters. The van der Waals surface area contributed by atoms with Crippen LogP contribution in [0.15, 0.2) is 42.5 Å². The van der Waals surface area contributed by atoms with Crippen LogP contribution in [0.25, 0.3) is 11.4 Å². The van der Waals surface area contributed by atoms with Crippen molar-refractivity contribution < 1.29 is 23.1 Å². The summed E-state index contributed by atoms with van der Waals surface area (Å²) in [6.07, 6.45) is 0.749. The largest absolute Gasteiger partial charge is 0.377 e. The molecule has 1 atom stereocenters. The molecular weight excluding hydrogens is 456 g/mol. The molecule has 2 amide bonds. The van der Waals surface area contributed by atoms with E-state index >= 15 is 0 Å². The third-order valence-electron chi connectivity index (χ3n) is 6.69. The zero-order chi connectivity index (χ0) is 24.1. The van der Waals surface area contributed by atoms with Gasteiger partial charge in [0, 0.05) is 12.2 Å². The fraction of sp³-hybridized carbons (Fsp3) is 0.280. The van der Waals surface area contributed by atoms with Crippen molar-refractivity contribution in [3.63, 3.8) is 0 Å². The van der Waals surface area contributed by atoms with Crippen LogP contribution in [0.1, 0.15) is 34.0 Å². The van der Waals surface area contributed by atoms with Crippen molar-refractivity contribution in [3.05, 3.63) is 70.9 Å². The number of anilines is 2. The first-order valence-electron chi connectivity index (χ1n) is 11.4. The average molecular weight is 477 g/mol. The number of aromatic nitrogens is 2. The first kappa shape index (κ1) is 21.6. The number of hydrogen-bond acceptors (Lipinski definition) is 6. The Labute approximate surface area is 199 Å². The Morgan fingerprint density at radius 3 is 2.43 bits per heavy atom. The molecule has 10 heteroatoms. The van der Waals surface area contributed by atoms with E-state index in [4.69, 9.17) is 4.74 Å². The normalized spacial score (nSPS) is 19.5. The van der Waals surface area contributed by atoms with Crippen LogP contribution in [0.4, 0.5) is 20.3 Å². The lowest BCUT2D eigenvalue weighted by Gasteiger charge is -2.34. The highest BCUT2D eigenvalue weighted by Crippen LogP contribution is 2.34. The summed E-state index contributed by atoms with van der Waals surface area (Å²) in [5.74, 6) is -2.02. The Bertz CT molecular complexity index is 1320. The molecule has 0 saturated carbocycles. The molecular formula is C25H21F2N5O3. The Morgan fingerprint density at radius 1 is 1.00 bits per heavy atom. The lowest BCUT2D eigenvalue weighted by atomic mass is 9.97. The first-order valence-corrected chi connectivity index (χ1v) is 11.4. The van der Waals surface area contributed by atoms with Gasteiger partial charge in [-0.25, -0.2) is 18.7 Å². The van der Waals surface area contributed by atoms with E-state index in [9.17, 15) is 18.4 Å². The standard InChI is InChI=1S/C25H21F2N5O3/c26-17-2-1-3-18(27)20(17)22-30-19-10-28-24(33)21(19)23(31-22)29-14-6-4-13(5-7-14)16-8-9-32(25(16)34)15-11-35-12-15/h1-7,15-16H,8-12H2,(H,28,33)(H,29,30,31)/t16-/m0/s1. The van der Waals surface area contributed by atoms with Gasteiger partial charge in [-0.3, -0.25) is 9.59 Å². The van der Waals surface area contributed by atoms with Crippen LogP contribution in [0.5, 0.6) is 0 Å². The molecule has 4 heterocycles. The molecule has 3 aliphatic heterocycles. The van der Waals surface area contributed by atoms with Crippen LogP contribution in [0, 0.1) is 11.6 Å². The van der Waals surface area contributed by atoms with Gasteiger partial charge >= 0.3 is 0 Å². The Kier molecular flexibility index (Phi) is 5.18. The van der Waals surface area contributed by atoms with Gasteiger partial charge in [-0.2, -0.15) is 0 Å². The van der Waals surface area contributed by atoms with Crippen molar-refractivity contribution in [1.82, 2.24) is 20.2 Å². The number of halogens is 2. The Morgan fingerprint density at radius 2 is 1.74 bits per heavy atom. The summed E-state index contributed by atoms with van der Waals surface area (Å²) in [5, 5.41) is 5.76. The molecule has 0 aliphatic carbocycles. The molecule has 178 valence electrons. The van der Waals surface area contributed by atoms with E-state index in [1.54, 1.807) is 12.1 Å².